The van der Waals surface area contributed by atoms with Crippen LogP contribution in [-0.4, -0.2) is 23.7 Å². The molecule has 1 atom stereocenters. The van der Waals surface area contributed by atoms with E-state index in [0.29, 0.717) is 5.56 Å². The van der Waals surface area contributed by atoms with Gasteiger partial charge in [0.2, 0.25) is 5.89 Å². The molecule has 1 heterocycles. The van der Waals surface area contributed by atoms with Gasteiger partial charge in [-0.3, -0.25) is 0 Å². The number of aromatic nitrogens is 2. The normalized spacial score (nSPS) is 13.2. The van der Waals surface area contributed by atoms with Crippen molar-refractivity contribution in [1.82, 2.24) is 10.2 Å². The highest BCUT2D eigenvalue weighted by atomic mass is 32.2. The summed E-state index contributed by atoms with van der Waals surface area (Å²) in [5, 5.41) is 16.5. The number of anilines is 1. The molecule has 19 heavy (non-hydrogen) atoms. The van der Waals surface area contributed by atoms with E-state index in [0.717, 1.165) is 0 Å². The van der Waals surface area contributed by atoms with E-state index in [-0.39, 0.29) is 16.8 Å². The standard InChI is InChI=1S/C11H13N3O4S/c1-7(15)9-4-3-5-10(6-9)19(16,17)14-11-13-12-8(2)18-11/h3-7,15H,1-2H3,(H,13,14). The first-order valence-corrected chi connectivity index (χ1v) is 6.98. The van der Waals surface area contributed by atoms with Crippen molar-refractivity contribution in [3.05, 3.63) is 35.7 Å². The van der Waals surface area contributed by atoms with Crippen LogP contribution in [0, 0.1) is 6.92 Å². The molecule has 8 heteroatoms. The summed E-state index contributed by atoms with van der Waals surface area (Å²) in [4.78, 5) is 0.0155. The van der Waals surface area contributed by atoms with E-state index in [1.165, 1.54) is 12.1 Å². The third-order valence-electron chi connectivity index (χ3n) is 2.40. The Balaban J connectivity index is 2.31. The molecular weight excluding hydrogens is 270 g/mol. The number of nitrogens with zero attached hydrogens (tertiary/aromatic N) is 2. The maximum Gasteiger partial charge on any atom is 0.329 e. The number of aliphatic hydroxyl groups excluding tert-OH is 1. The van der Waals surface area contributed by atoms with Crippen molar-refractivity contribution >= 4 is 16.0 Å². The molecule has 0 saturated carbocycles. The monoisotopic (exact) mass is 283 g/mol. The Kier molecular flexibility index (Phi) is 3.54. The summed E-state index contributed by atoms with van der Waals surface area (Å²) in [5.41, 5.74) is 0.504. The minimum absolute atomic E-state index is 0.0155. The molecule has 0 spiro atoms. The Morgan fingerprint density at radius 3 is 2.68 bits per heavy atom. The lowest BCUT2D eigenvalue weighted by atomic mass is 10.1. The third kappa shape index (κ3) is 3.09. The van der Waals surface area contributed by atoms with E-state index in [2.05, 4.69) is 14.9 Å². The van der Waals surface area contributed by atoms with Gasteiger partial charge in [0.15, 0.2) is 0 Å². The minimum atomic E-state index is -3.81. The van der Waals surface area contributed by atoms with Crippen molar-refractivity contribution in [2.75, 3.05) is 4.72 Å². The van der Waals surface area contributed by atoms with Crippen LogP contribution in [-0.2, 0) is 10.0 Å². The zero-order valence-electron chi connectivity index (χ0n) is 10.4. The van der Waals surface area contributed by atoms with Gasteiger partial charge in [-0.2, -0.15) is 0 Å². The van der Waals surface area contributed by atoms with Crippen LogP contribution in [0.5, 0.6) is 0 Å². The Labute approximate surface area is 110 Å². The Morgan fingerprint density at radius 1 is 1.37 bits per heavy atom. The van der Waals surface area contributed by atoms with Crippen molar-refractivity contribution in [2.24, 2.45) is 0 Å². The van der Waals surface area contributed by atoms with Crippen molar-refractivity contribution in [3.8, 4) is 0 Å². The number of benzene rings is 1. The maximum atomic E-state index is 12.1. The number of aliphatic hydroxyl groups is 1. The highest BCUT2D eigenvalue weighted by Crippen LogP contribution is 2.19. The molecule has 0 bridgehead atoms. The van der Waals surface area contributed by atoms with Crippen LogP contribution in [0.3, 0.4) is 0 Å². The molecule has 0 aliphatic heterocycles. The Morgan fingerprint density at radius 2 is 2.11 bits per heavy atom. The van der Waals surface area contributed by atoms with Gasteiger partial charge in [0.25, 0.3) is 10.0 Å². The first-order valence-electron chi connectivity index (χ1n) is 5.49. The van der Waals surface area contributed by atoms with Gasteiger partial charge in [-0.25, -0.2) is 13.1 Å². The topological polar surface area (TPSA) is 105 Å². The van der Waals surface area contributed by atoms with Crippen molar-refractivity contribution in [1.29, 1.82) is 0 Å². The molecule has 0 aliphatic carbocycles. The van der Waals surface area contributed by atoms with Crippen molar-refractivity contribution in [3.63, 3.8) is 0 Å². The second kappa shape index (κ2) is 4.98. The Hall–Kier alpha value is -1.93. The number of rotatable bonds is 4. The predicted octanol–water partition coefficient (Wildman–Crippen LogP) is 1.23. The second-order valence-electron chi connectivity index (χ2n) is 3.98. The lowest BCUT2D eigenvalue weighted by Crippen LogP contribution is -2.13. The van der Waals surface area contributed by atoms with Gasteiger partial charge in [0, 0.05) is 6.92 Å². The minimum Gasteiger partial charge on any atom is -0.408 e. The molecule has 2 aromatic rings. The average molecular weight is 283 g/mol. The lowest BCUT2D eigenvalue weighted by molar-refractivity contribution is 0.199. The number of aryl methyl sites for hydroxylation is 1. The van der Waals surface area contributed by atoms with E-state index in [9.17, 15) is 13.5 Å². The summed E-state index contributed by atoms with van der Waals surface area (Å²) in [6.07, 6.45) is -0.749. The van der Waals surface area contributed by atoms with E-state index in [1.54, 1.807) is 26.0 Å². The summed E-state index contributed by atoms with van der Waals surface area (Å²) < 4.78 is 31.3. The van der Waals surface area contributed by atoms with Crippen LogP contribution < -0.4 is 4.72 Å². The molecule has 0 aliphatic rings. The van der Waals surface area contributed by atoms with Crippen LogP contribution in [0.25, 0.3) is 0 Å². The number of hydrogen-bond donors (Lipinski definition) is 2. The van der Waals surface area contributed by atoms with Gasteiger partial charge < -0.3 is 9.52 Å². The summed E-state index contributed by atoms with van der Waals surface area (Å²) >= 11 is 0. The molecule has 1 unspecified atom stereocenters. The number of hydrogen-bond acceptors (Lipinski definition) is 6. The van der Waals surface area contributed by atoms with Crippen LogP contribution in [0.15, 0.2) is 33.6 Å². The summed E-state index contributed by atoms with van der Waals surface area (Å²) in [5.74, 6) is 0.260. The van der Waals surface area contributed by atoms with Crippen LogP contribution in [0.4, 0.5) is 6.01 Å². The quantitative estimate of drug-likeness (QED) is 0.874. The van der Waals surface area contributed by atoms with Crippen molar-refractivity contribution in [2.45, 2.75) is 24.8 Å². The van der Waals surface area contributed by atoms with E-state index < -0.39 is 16.1 Å². The van der Waals surface area contributed by atoms with Gasteiger partial charge in [-0.15, -0.1) is 5.10 Å². The van der Waals surface area contributed by atoms with E-state index >= 15 is 0 Å². The summed E-state index contributed by atoms with van der Waals surface area (Å²) in [7, 11) is -3.81. The maximum absolute atomic E-state index is 12.1. The largest absolute Gasteiger partial charge is 0.408 e. The molecule has 0 radical (unpaired) electrons. The Bertz CT molecular complexity index is 679. The zero-order chi connectivity index (χ0) is 14.0. The fourth-order valence-electron chi connectivity index (χ4n) is 1.45. The highest BCUT2D eigenvalue weighted by molar-refractivity contribution is 7.92. The molecule has 1 aromatic carbocycles. The van der Waals surface area contributed by atoms with Gasteiger partial charge in [0.05, 0.1) is 11.0 Å². The summed E-state index contributed by atoms with van der Waals surface area (Å²) in [6, 6.07) is 5.80. The van der Waals surface area contributed by atoms with Gasteiger partial charge >= 0.3 is 6.01 Å². The fourth-order valence-corrected chi connectivity index (χ4v) is 2.43. The molecule has 0 amide bonds. The van der Waals surface area contributed by atoms with Crippen LogP contribution in [0.1, 0.15) is 24.5 Å². The highest BCUT2D eigenvalue weighted by Gasteiger charge is 2.18. The molecule has 0 fully saturated rings. The van der Waals surface area contributed by atoms with Crippen LogP contribution >= 0.6 is 0 Å². The summed E-state index contributed by atoms with van der Waals surface area (Å²) in [6.45, 7) is 3.11. The third-order valence-corrected chi connectivity index (χ3v) is 3.72. The zero-order valence-corrected chi connectivity index (χ0v) is 11.2. The first-order chi connectivity index (χ1) is 8.88. The number of sulfonamides is 1. The SMILES string of the molecule is Cc1nnc(NS(=O)(=O)c2cccc(C(C)O)c2)o1. The van der Waals surface area contributed by atoms with E-state index in [4.69, 9.17) is 4.42 Å². The fraction of sp³-hybridized carbons (Fsp3) is 0.273. The van der Waals surface area contributed by atoms with Gasteiger partial charge in [-0.05, 0) is 24.6 Å². The smallest absolute Gasteiger partial charge is 0.329 e. The molecular formula is C11H13N3O4S. The molecule has 0 saturated heterocycles. The molecule has 2 rings (SSSR count). The average Bonchev–Trinajstić information content (AvgIpc) is 2.74. The molecule has 102 valence electrons. The second-order valence-corrected chi connectivity index (χ2v) is 5.66. The molecule has 1 aromatic heterocycles. The molecule has 2 N–H and O–H groups in total. The predicted molar refractivity (Wildman–Crippen MR) is 66.9 cm³/mol. The van der Waals surface area contributed by atoms with Crippen molar-refractivity contribution < 1.29 is 17.9 Å². The molecule has 7 nitrogen and oxygen atoms in total. The first kappa shape index (κ1) is 13.5. The van der Waals surface area contributed by atoms with Gasteiger partial charge in [-0.1, -0.05) is 17.2 Å². The lowest BCUT2D eigenvalue weighted by Gasteiger charge is -2.08. The van der Waals surface area contributed by atoms with Gasteiger partial charge in [0.1, 0.15) is 0 Å². The van der Waals surface area contributed by atoms with E-state index in [1.807, 2.05) is 0 Å². The number of nitrogens with one attached hydrogen (secondary N) is 1. The van der Waals surface area contributed by atoms with Crippen LogP contribution in [0.2, 0.25) is 0 Å².